The first kappa shape index (κ1) is 15.8. The van der Waals surface area contributed by atoms with Crippen molar-refractivity contribution in [3.05, 3.63) is 28.6 Å². The Morgan fingerprint density at radius 3 is 2.50 bits per heavy atom. The molecule has 0 aliphatic rings. The summed E-state index contributed by atoms with van der Waals surface area (Å²) in [5.41, 5.74) is -5.32. The Hall–Kier alpha value is -2.24. The van der Waals surface area contributed by atoms with Crippen LogP contribution in [0.15, 0.2) is 6.20 Å². The molecule has 1 aromatic rings. The van der Waals surface area contributed by atoms with Crippen LogP contribution in [0.5, 0.6) is 0 Å². The zero-order chi connectivity index (χ0) is 15.5. The molecule has 20 heavy (non-hydrogen) atoms. The maximum atomic E-state index is 12.8. The summed E-state index contributed by atoms with van der Waals surface area (Å²) >= 11 is 0. The lowest BCUT2D eigenvalue weighted by atomic mass is 10.0. The highest BCUT2D eigenvalue weighted by Crippen LogP contribution is 2.37. The summed E-state index contributed by atoms with van der Waals surface area (Å²) in [4.78, 5) is 14.2. The van der Waals surface area contributed by atoms with Crippen LogP contribution in [-0.2, 0) is 10.9 Å². The largest absolute Gasteiger partial charge is 0.462 e. The van der Waals surface area contributed by atoms with Crippen molar-refractivity contribution in [2.24, 2.45) is 0 Å². The molecule has 1 aromatic heterocycles. The molecule has 0 N–H and O–H groups in total. The average molecular weight is 294 g/mol. The Bertz CT molecular complexity index is 563. The molecule has 0 atom stereocenters. The molecule has 0 unspecified atom stereocenters. The van der Waals surface area contributed by atoms with Crippen molar-refractivity contribution in [3.8, 4) is 6.07 Å². The van der Waals surface area contributed by atoms with Gasteiger partial charge in [-0.3, -0.25) is 4.98 Å². The molecule has 0 aliphatic carbocycles. The van der Waals surface area contributed by atoms with Crippen LogP contribution in [0, 0.1) is 11.3 Å². The van der Waals surface area contributed by atoms with Crippen molar-refractivity contribution in [1.29, 1.82) is 5.26 Å². The minimum Gasteiger partial charge on any atom is -0.462 e. The van der Waals surface area contributed by atoms with Gasteiger partial charge in [-0.15, -0.1) is 0 Å². The Morgan fingerprint density at radius 2 is 2.10 bits per heavy atom. The van der Waals surface area contributed by atoms with Gasteiger partial charge in [-0.1, -0.05) is 0 Å². The van der Waals surface area contributed by atoms with Gasteiger partial charge in [-0.25, -0.2) is 13.6 Å². The van der Waals surface area contributed by atoms with E-state index in [4.69, 9.17) is 5.26 Å². The molecule has 0 saturated heterocycles. The smallest absolute Gasteiger partial charge is 0.433 e. The van der Waals surface area contributed by atoms with Crippen molar-refractivity contribution >= 4 is 5.97 Å². The van der Waals surface area contributed by atoms with Crippen LogP contribution in [0.1, 0.15) is 40.5 Å². The third kappa shape index (κ3) is 3.01. The number of carbonyl (C=O) groups excluding carboxylic acids is 1. The second-order valence-electron chi connectivity index (χ2n) is 3.44. The summed E-state index contributed by atoms with van der Waals surface area (Å²) < 4.78 is 67.8. The van der Waals surface area contributed by atoms with Gasteiger partial charge < -0.3 is 4.74 Å². The van der Waals surface area contributed by atoms with Crippen LogP contribution >= 0.6 is 0 Å². The van der Waals surface area contributed by atoms with Gasteiger partial charge in [-0.2, -0.15) is 18.4 Å². The van der Waals surface area contributed by atoms with Crippen LogP contribution in [0.4, 0.5) is 22.0 Å². The molecule has 9 heteroatoms. The number of rotatable bonds is 3. The highest BCUT2D eigenvalue weighted by Gasteiger charge is 2.40. The Kier molecular flexibility index (Phi) is 4.60. The average Bonchev–Trinajstić information content (AvgIpc) is 2.35. The first-order valence-electron chi connectivity index (χ1n) is 5.19. The molecule has 0 aromatic carbocycles. The summed E-state index contributed by atoms with van der Waals surface area (Å²) in [6.45, 7) is 1.28. The summed E-state index contributed by atoms with van der Waals surface area (Å²) in [5.74, 6) is -1.19. The predicted octanol–water partition coefficient (Wildman–Crippen LogP) is 3.09. The van der Waals surface area contributed by atoms with Crippen LogP contribution < -0.4 is 0 Å². The molecule has 4 nitrogen and oxygen atoms in total. The maximum absolute atomic E-state index is 12.8. The van der Waals surface area contributed by atoms with E-state index < -0.39 is 41.0 Å². The van der Waals surface area contributed by atoms with E-state index in [-0.39, 0.29) is 6.61 Å². The fraction of sp³-hybridized carbons (Fsp3) is 0.364. The van der Waals surface area contributed by atoms with Gasteiger partial charge in [0.15, 0.2) is 5.69 Å². The van der Waals surface area contributed by atoms with Crippen molar-refractivity contribution in [1.82, 2.24) is 4.98 Å². The molecule has 108 valence electrons. The van der Waals surface area contributed by atoms with E-state index >= 15 is 0 Å². The molecule has 1 rings (SSSR count). The molecule has 0 aliphatic heterocycles. The number of hydrogen-bond acceptors (Lipinski definition) is 4. The first-order chi connectivity index (χ1) is 9.23. The van der Waals surface area contributed by atoms with Gasteiger partial charge in [0, 0.05) is 6.20 Å². The monoisotopic (exact) mass is 294 g/mol. The van der Waals surface area contributed by atoms with E-state index in [1.165, 1.54) is 13.0 Å². The first-order valence-corrected chi connectivity index (χ1v) is 5.19. The molecule has 0 bridgehead atoms. The van der Waals surface area contributed by atoms with E-state index in [0.717, 1.165) is 0 Å². The third-order valence-electron chi connectivity index (χ3n) is 2.21. The van der Waals surface area contributed by atoms with Gasteiger partial charge in [0.1, 0.15) is 6.07 Å². The highest BCUT2D eigenvalue weighted by molar-refractivity contribution is 5.92. The van der Waals surface area contributed by atoms with Gasteiger partial charge >= 0.3 is 12.1 Å². The number of hydrogen-bond donors (Lipinski definition) is 0. The molecule has 0 spiro atoms. The number of halogens is 5. The number of pyridine rings is 1. The predicted molar refractivity (Wildman–Crippen MR) is 54.9 cm³/mol. The van der Waals surface area contributed by atoms with Gasteiger partial charge in [0.05, 0.1) is 23.3 Å². The Labute approximate surface area is 109 Å². The van der Waals surface area contributed by atoms with Gasteiger partial charge in [0.25, 0.3) is 6.43 Å². The van der Waals surface area contributed by atoms with Gasteiger partial charge in [-0.05, 0) is 6.92 Å². The van der Waals surface area contributed by atoms with E-state index in [0.29, 0.717) is 6.20 Å². The molecule has 0 amide bonds. The fourth-order valence-corrected chi connectivity index (χ4v) is 1.45. The summed E-state index contributed by atoms with van der Waals surface area (Å²) in [6, 6.07) is 1.18. The Balaban J connectivity index is 3.60. The Morgan fingerprint density at radius 1 is 1.50 bits per heavy atom. The molecule has 0 radical (unpaired) electrons. The number of carbonyl (C=O) groups is 1. The topological polar surface area (TPSA) is 63.0 Å². The fourth-order valence-electron chi connectivity index (χ4n) is 1.45. The zero-order valence-corrected chi connectivity index (χ0v) is 9.96. The number of aromatic nitrogens is 1. The zero-order valence-electron chi connectivity index (χ0n) is 9.96. The van der Waals surface area contributed by atoms with Crippen molar-refractivity contribution in [3.63, 3.8) is 0 Å². The lowest BCUT2D eigenvalue weighted by molar-refractivity contribution is -0.143. The van der Waals surface area contributed by atoms with Crippen molar-refractivity contribution in [2.45, 2.75) is 19.5 Å². The van der Waals surface area contributed by atoms with Crippen LogP contribution in [-0.4, -0.2) is 17.6 Å². The summed E-state index contributed by atoms with van der Waals surface area (Å²) in [6.07, 6.45) is -8.36. The van der Waals surface area contributed by atoms with Crippen molar-refractivity contribution in [2.75, 3.05) is 6.61 Å². The summed E-state index contributed by atoms with van der Waals surface area (Å²) in [7, 11) is 0. The lowest BCUT2D eigenvalue weighted by Crippen LogP contribution is -2.18. The lowest BCUT2D eigenvalue weighted by Gasteiger charge is -2.14. The number of esters is 1. The molecule has 0 fully saturated rings. The number of nitrogens with zero attached hydrogens (tertiary/aromatic N) is 2. The maximum Gasteiger partial charge on any atom is 0.433 e. The van der Waals surface area contributed by atoms with Crippen LogP contribution in [0.2, 0.25) is 0 Å². The standard InChI is InChI=1S/C11H7F5N2O2/c1-2-20-10(19)6-4-18-8(11(14,15)16)7(9(12)13)5(6)3-17/h4,9H,2H2,1H3. The number of nitriles is 1. The minimum atomic E-state index is -5.16. The van der Waals surface area contributed by atoms with Crippen LogP contribution in [0.3, 0.4) is 0 Å². The number of ether oxygens (including phenoxy) is 1. The van der Waals surface area contributed by atoms with Gasteiger partial charge in [0.2, 0.25) is 0 Å². The van der Waals surface area contributed by atoms with E-state index in [1.54, 1.807) is 0 Å². The third-order valence-corrected chi connectivity index (χ3v) is 2.21. The molecular weight excluding hydrogens is 287 g/mol. The quantitative estimate of drug-likeness (QED) is 0.635. The minimum absolute atomic E-state index is 0.130. The molecule has 0 saturated carbocycles. The molecule has 1 heterocycles. The van der Waals surface area contributed by atoms with E-state index in [9.17, 15) is 26.7 Å². The second kappa shape index (κ2) is 5.81. The highest BCUT2D eigenvalue weighted by atomic mass is 19.4. The normalized spacial score (nSPS) is 11.3. The SMILES string of the molecule is CCOC(=O)c1cnc(C(F)(F)F)c(C(F)F)c1C#N. The van der Waals surface area contributed by atoms with E-state index in [2.05, 4.69) is 9.72 Å². The second-order valence-corrected chi connectivity index (χ2v) is 3.44. The molecular formula is C11H7F5N2O2. The van der Waals surface area contributed by atoms with E-state index in [1.807, 2.05) is 0 Å². The van der Waals surface area contributed by atoms with Crippen molar-refractivity contribution < 1.29 is 31.5 Å². The number of alkyl halides is 5. The van der Waals surface area contributed by atoms with Crippen LogP contribution in [0.25, 0.3) is 0 Å². The summed E-state index contributed by atoms with van der Waals surface area (Å²) in [5, 5.41) is 8.77.